The number of aliphatic imine (C=N–C) groups is 1. The van der Waals surface area contributed by atoms with E-state index in [1.54, 1.807) is 21.0 Å². The highest BCUT2D eigenvalue weighted by Gasteiger charge is 2.52. The number of halogens is 1. The zero-order valence-corrected chi connectivity index (χ0v) is 32.7. The Morgan fingerprint density at radius 2 is 1.81 bits per heavy atom. The van der Waals surface area contributed by atoms with Gasteiger partial charge in [0, 0.05) is 62.2 Å². The largest absolute Gasteiger partial charge is 0.448 e. The maximum absolute atomic E-state index is 14.2. The molecule has 3 heterocycles. The molecule has 0 aromatic heterocycles. The molecule has 14 atom stereocenters. The van der Waals surface area contributed by atoms with Gasteiger partial charge in [-0.15, -0.1) is 12.3 Å². The van der Waals surface area contributed by atoms with Gasteiger partial charge in [-0.3, -0.25) is 14.6 Å². The Balaban J connectivity index is 1.76. The van der Waals surface area contributed by atoms with Crippen molar-refractivity contribution in [3.8, 4) is 12.3 Å². The Hall–Kier alpha value is -1.14. The molecule has 1 aliphatic carbocycles. The van der Waals surface area contributed by atoms with Gasteiger partial charge in [-0.25, -0.2) is 0 Å². The van der Waals surface area contributed by atoms with Gasteiger partial charge in [0.1, 0.15) is 11.5 Å². The average molecular weight is 786 g/mol. The number of methoxy groups -OCH3 is 1. The van der Waals surface area contributed by atoms with Crippen LogP contribution in [0.5, 0.6) is 0 Å². The lowest BCUT2D eigenvalue weighted by molar-refractivity contribution is -0.262. The first-order valence-corrected chi connectivity index (χ1v) is 19.2. The number of fused-ring (bicyclic) bond motifs is 3. The Kier molecular flexibility index (Phi) is 13.6. The van der Waals surface area contributed by atoms with Crippen LogP contribution >= 0.6 is 22.6 Å². The van der Waals surface area contributed by atoms with Crippen molar-refractivity contribution in [2.45, 2.75) is 158 Å². The van der Waals surface area contributed by atoms with Gasteiger partial charge in [0.25, 0.3) is 0 Å². The highest BCUT2D eigenvalue weighted by molar-refractivity contribution is 14.1. The van der Waals surface area contributed by atoms with Gasteiger partial charge >= 0.3 is 5.97 Å². The molecule has 2 N–H and O–H groups in total. The molecule has 2 unspecified atom stereocenters. The lowest BCUT2D eigenvalue weighted by Crippen LogP contribution is -2.62. The number of carbonyl (C=O) groups is 2. The Morgan fingerprint density at radius 3 is 2.48 bits per heavy atom. The van der Waals surface area contributed by atoms with Crippen LogP contribution in [0.4, 0.5) is 0 Å². The second-order valence-electron chi connectivity index (χ2n) is 15.5. The number of aliphatic hydroxyl groups is 1. The second kappa shape index (κ2) is 16.5. The molecule has 10 nitrogen and oxygen atoms in total. The van der Waals surface area contributed by atoms with Gasteiger partial charge in [0.2, 0.25) is 0 Å². The lowest BCUT2D eigenvalue weighted by atomic mass is 9.74. The number of cyclic esters (lactones) is 1. The van der Waals surface area contributed by atoms with Crippen LogP contribution in [0.1, 0.15) is 99.8 Å². The molecule has 11 heteroatoms. The number of alkyl halides is 1. The van der Waals surface area contributed by atoms with Crippen LogP contribution in [-0.2, 0) is 28.5 Å². The summed E-state index contributed by atoms with van der Waals surface area (Å²) in [5.74, 6) is -0.286. The third-order valence-electron chi connectivity index (χ3n) is 11.7. The molecule has 3 aliphatic heterocycles. The summed E-state index contributed by atoms with van der Waals surface area (Å²) < 4.78 is 24.6. The SMILES string of the molecule is C#CCCN(C)[C@@H]1C[C@H](O[C@@H]2[C@@H](C)C(=O)[C@@H](C)C(=O)O[C@H](I)[C@@](C)(O)[C@@H]3NC4CCCCC4N=C([C@H](C)C[C@@]2(C)OC)[C@@H]3C)O[C@H](C)C1. The van der Waals surface area contributed by atoms with E-state index >= 15 is 0 Å². The molecule has 0 amide bonds. The van der Waals surface area contributed by atoms with Crippen LogP contribution in [0.25, 0.3) is 0 Å². The monoisotopic (exact) mass is 785 g/mol. The lowest BCUT2D eigenvalue weighted by Gasteiger charge is -2.46. The number of carbonyl (C=O) groups excluding carboxylic acids is 2. The van der Waals surface area contributed by atoms with Crippen LogP contribution in [0.3, 0.4) is 0 Å². The predicted octanol–water partition coefficient (Wildman–Crippen LogP) is 4.92. The van der Waals surface area contributed by atoms with Crippen LogP contribution in [0, 0.1) is 36.0 Å². The number of ketones is 1. The molecule has 48 heavy (non-hydrogen) atoms. The van der Waals surface area contributed by atoms with Crippen LogP contribution in [-0.4, -0.2) is 106 Å². The topological polar surface area (TPSA) is 119 Å². The van der Waals surface area contributed by atoms with Gasteiger partial charge in [-0.2, -0.15) is 0 Å². The van der Waals surface area contributed by atoms with Gasteiger partial charge in [-0.05, 0) is 88.9 Å². The Bertz CT molecular complexity index is 1210. The fourth-order valence-electron chi connectivity index (χ4n) is 8.62. The summed E-state index contributed by atoms with van der Waals surface area (Å²) in [6.45, 7) is 14.2. The normalized spacial score (nSPS) is 44.9. The minimum Gasteiger partial charge on any atom is -0.448 e. The fraction of sp³-hybridized carbons (Fsp3) is 0.865. The molecule has 1 saturated carbocycles. The van der Waals surface area contributed by atoms with Crippen molar-refractivity contribution in [3.05, 3.63) is 0 Å². The highest BCUT2D eigenvalue weighted by atomic mass is 127. The Morgan fingerprint density at radius 1 is 1.12 bits per heavy atom. The van der Waals surface area contributed by atoms with Gasteiger partial charge in [-0.1, -0.05) is 33.6 Å². The molecule has 3 fully saturated rings. The first-order chi connectivity index (χ1) is 22.5. The van der Waals surface area contributed by atoms with Gasteiger partial charge < -0.3 is 34.3 Å². The molecule has 0 aromatic rings. The maximum Gasteiger partial charge on any atom is 0.317 e. The summed E-state index contributed by atoms with van der Waals surface area (Å²) in [6, 6.07) is -0.0383. The smallest absolute Gasteiger partial charge is 0.317 e. The number of nitrogens with zero attached hydrogens (tertiary/aromatic N) is 2. The summed E-state index contributed by atoms with van der Waals surface area (Å²) in [5.41, 5.74) is -1.38. The second-order valence-corrected chi connectivity index (χ2v) is 16.6. The number of ether oxygens (including phenoxy) is 4. The van der Waals surface area contributed by atoms with Crippen molar-refractivity contribution < 1.29 is 33.6 Å². The van der Waals surface area contributed by atoms with Crippen molar-refractivity contribution in [2.75, 3.05) is 20.7 Å². The first kappa shape index (κ1) is 39.6. The summed E-state index contributed by atoms with van der Waals surface area (Å²) in [7, 11) is 3.73. The molecule has 4 rings (SSSR count). The van der Waals surface area contributed by atoms with Gasteiger partial charge in [0.15, 0.2) is 16.2 Å². The standard InChI is InChI=1S/C37H60IN3O7/c1-11-12-17-41(9)26-18-22(3)46-29(19-26)47-33-24(5)31(42)25(6)34(43)48-35(38)37(8,44)32-23(4)30(21(2)20-36(33,7)45-10)39-27-15-13-14-16-28(27)40-32/h1,21-29,32-33,35,40,44H,12-20H2,2-10H3/t21-,22-,23+,24+,25-,26+,27?,28?,29+,32-,33-,35+,36-,37+/m1/s1. The highest BCUT2D eigenvalue weighted by Crippen LogP contribution is 2.40. The number of esters is 1. The number of nitrogens with one attached hydrogen (secondary N) is 1. The van der Waals surface area contributed by atoms with Crippen molar-refractivity contribution in [2.24, 2.45) is 28.7 Å². The first-order valence-electron chi connectivity index (χ1n) is 18.0. The van der Waals surface area contributed by atoms with E-state index < -0.39 is 51.6 Å². The van der Waals surface area contributed by atoms with E-state index in [0.29, 0.717) is 19.3 Å². The number of Topliss-reactive ketones (excluding diaryl/α,β-unsaturated/α-hetero) is 1. The number of hydrogen-bond acceptors (Lipinski definition) is 10. The van der Waals surface area contributed by atoms with E-state index in [9.17, 15) is 14.7 Å². The molecular weight excluding hydrogens is 725 g/mol. The van der Waals surface area contributed by atoms with E-state index in [0.717, 1.165) is 44.4 Å². The van der Waals surface area contributed by atoms with Crippen LogP contribution < -0.4 is 5.32 Å². The van der Waals surface area contributed by atoms with E-state index in [1.807, 2.05) is 43.4 Å². The minimum atomic E-state index is -1.43. The van der Waals surface area contributed by atoms with Crippen molar-refractivity contribution in [3.63, 3.8) is 0 Å². The summed E-state index contributed by atoms with van der Waals surface area (Å²) in [6.07, 6.45) is 10.9. The summed E-state index contributed by atoms with van der Waals surface area (Å²) >= 11 is 2.00. The minimum absolute atomic E-state index is 0.0596. The molecule has 4 aliphatic rings. The third kappa shape index (κ3) is 8.65. The quantitative estimate of drug-likeness (QED) is 0.127. The van der Waals surface area contributed by atoms with E-state index in [-0.39, 0.29) is 41.8 Å². The molecule has 2 saturated heterocycles. The summed E-state index contributed by atoms with van der Waals surface area (Å²) in [4.78, 5) is 35.4. The number of terminal acetylenes is 1. The maximum atomic E-state index is 14.2. The molecule has 0 aromatic carbocycles. The van der Waals surface area contributed by atoms with E-state index in [1.165, 1.54) is 0 Å². The number of rotatable bonds is 6. The molecule has 272 valence electrons. The molecule has 0 radical (unpaired) electrons. The summed E-state index contributed by atoms with van der Waals surface area (Å²) in [5, 5.41) is 15.9. The zero-order chi connectivity index (χ0) is 35.6. The van der Waals surface area contributed by atoms with Crippen molar-refractivity contribution in [1.29, 1.82) is 0 Å². The van der Waals surface area contributed by atoms with Crippen molar-refractivity contribution >= 4 is 40.1 Å². The van der Waals surface area contributed by atoms with Crippen LogP contribution in [0.15, 0.2) is 4.99 Å². The number of hydrogen-bond donors (Lipinski definition) is 2. The molecule has 2 bridgehead atoms. The fourth-order valence-corrected chi connectivity index (χ4v) is 9.25. The van der Waals surface area contributed by atoms with Crippen LogP contribution in [0.2, 0.25) is 0 Å². The van der Waals surface area contributed by atoms with Gasteiger partial charge in [0.05, 0.1) is 23.9 Å². The Labute approximate surface area is 302 Å². The third-order valence-corrected chi connectivity index (χ3v) is 13.2. The molecule has 0 spiro atoms. The average Bonchev–Trinajstić information content (AvgIpc) is 3.20. The zero-order valence-electron chi connectivity index (χ0n) is 30.5. The molecular formula is C37H60IN3O7. The van der Waals surface area contributed by atoms with Crippen molar-refractivity contribution in [1.82, 2.24) is 10.2 Å². The van der Waals surface area contributed by atoms with E-state index in [2.05, 4.69) is 37.0 Å². The van der Waals surface area contributed by atoms with E-state index in [4.69, 9.17) is 30.4 Å². The predicted molar refractivity (Wildman–Crippen MR) is 195 cm³/mol.